The third-order valence-electron chi connectivity index (χ3n) is 12.4. The van der Waals surface area contributed by atoms with Gasteiger partial charge in [0.05, 0.1) is 17.8 Å². The minimum absolute atomic E-state index is 0.187. The third-order valence-corrected chi connectivity index (χ3v) is 12.4. The maximum Gasteiger partial charge on any atom is 0.335 e. The van der Waals surface area contributed by atoms with Crippen LogP contribution in [0.15, 0.2) is 24.3 Å². The number of aliphatic hydroxyl groups is 2. The Hall–Kier alpha value is -1.39. The van der Waals surface area contributed by atoms with Crippen molar-refractivity contribution in [1.29, 1.82) is 0 Å². The van der Waals surface area contributed by atoms with Crippen molar-refractivity contribution in [2.45, 2.75) is 111 Å². The molecule has 4 aliphatic carbocycles. The first-order valence-electron chi connectivity index (χ1n) is 15.3. The zero-order valence-corrected chi connectivity index (χ0v) is 23.5. The van der Waals surface area contributed by atoms with E-state index in [2.05, 4.69) is 33.8 Å². The number of carboxylic acid groups (broad SMARTS) is 1. The van der Waals surface area contributed by atoms with Crippen molar-refractivity contribution in [2.24, 2.45) is 52.3 Å². The Kier molecular flexibility index (Phi) is 7.57. The van der Waals surface area contributed by atoms with E-state index in [1.807, 2.05) is 12.1 Å². The highest BCUT2D eigenvalue weighted by atomic mass is 16.4. The average molecular weight is 511 g/mol. The first-order valence-corrected chi connectivity index (χ1v) is 15.3. The molecule has 5 rings (SSSR count). The molecule has 3 N–H and O–H groups in total. The molecule has 37 heavy (non-hydrogen) atoms. The molecule has 4 aliphatic rings. The van der Waals surface area contributed by atoms with Gasteiger partial charge in [-0.3, -0.25) is 0 Å². The molecule has 0 amide bonds. The summed E-state index contributed by atoms with van der Waals surface area (Å²) in [5.41, 5.74) is 2.08. The summed E-state index contributed by atoms with van der Waals surface area (Å²) in [7, 11) is 0. The van der Waals surface area contributed by atoms with Crippen LogP contribution in [-0.4, -0.2) is 33.5 Å². The molecule has 11 atom stereocenters. The molecule has 206 valence electrons. The summed E-state index contributed by atoms with van der Waals surface area (Å²) in [6, 6.07) is 7.41. The highest BCUT2D eigenvalue weighted by molar-refractivity contribution is 5.87. The summed E-state index contributed by atoms with van der Waals surface area (Å²) in [6.07, 6.45) is 11.8. The van der Waals surface area contributed by atoms with Crippen molar-refractivity contribution in [2.75, 3.05) is 0 Å². The molecule has 0 heterocycles. The van der Waals surface area contributed by atoms with Crippen LogP contribution in [0.5, 0.6) is 0 Å². The number of aromatic carboxylic acids is 1. The van der Waals surface area contributed by atoms with Crippen LogP contribution in [0.4, 0.5) is 0 Å². The number of carboxylic acids is 1. The fourth-order valence-corrected chi connectivity index (χ4v) is 10.6. The molecule has 0 bridgehead atoms. The lowest BCUT2D eigenvalue weighted by atomic mass is 9.41. The molecule has 0 spiro atoms. The van der Waals surface area contributed by atoms with E-state index < -0.39 is 5.97 Å². The topological polar surface area (TPSA) is 77.8 Å². The van der Waals surface area contributed by atoms with Crippen LogP contribution in [-0.2, 0) is 6.42 Å². The van der Waals surface area contributed by atoms with E-state index in [1.54, 1.807) is 6.07 Å². The first-order chi connectivity index (χ1) is 17.6. The van der Waals surface area contributed by atoms with E-state index in [0.29, 0.717) is 52.4 Å². The maximum atomic E-state index is 11.9. The Bertz CT molecular complexity index is 975. The van der Waals surface area contributed by atoms with Gasteiger partial charge in [-0.25, -0.2) is 4.79 Å². The molecule has 0 saturated heterocycles. The van der Waals surface area contributed by atoms with Gasteiger partial charge in [0.25, 0.3) is 0 Å². The van der Waals surface area contributed by atoms with Crippen LogP contribution in [0.3, 0.4) is 0 Å². The van der Waals surface area contributed by atoms with Crippen LogP contribution < -0.4 is 0 Å². The van der Waals surface area contributed by atoms with Gasteiger partial charge in [-0.05, 0) is 128 Å². The molecule has 6 unspecified atom stereocenters. The van der Waals surface area contributed by atoms with Gasteiger partial charge >= 0.3 is 5.97 Å². The quantitative estimate of drug-likeness (QED) is 0.370. The second kappa shape index (κ2) is 10.3. The van der Waals surface area contributed by atoms with Gasteiger partial charge in [-0.15, -0.1) is 0 Å². The predicted molar refractivity (Wildman–Crippen MR) is 147 cm³/mol. The summed E-state index contributed by atoms with van der Waals surface area (Å²) in [4.78, 5) is 11.3. The number of aryl methyl sites for hydroxylation is 1. The van der Waals surface area contributed by atoms with Gasteiger partial charge in [-0.1, -0.05) is 52.7 Å². The van der Waals surface area contributed by atoms with Crippen molar-refractivity contribution < 1.29 is 20.1 Å². The van der Waals surface area contributed by atoms with E-state index in [0.717, 1.165) is 44.1 Å². The van der Waals surface area contributed by atoms with E-state index in [4.69, 9.17) is 0 Å². The predicted octanol–water partition coefficient (Wildman–Crippen LogP) is 6.97. The SMILES string of the molecule is CC[C@@H]1C2C[C@H](O)CCC2(C)C2CCC3(C)C(CC[C@@H]3[C@H](C)CCCc3cccc(C(=O)O)c3)C2[C@@H]1O. The molecule has 0 radical (unpaired) electrons. The number of hydrogen-bond donors (Lipinski definition) is 3. The van der Waals surface area contributed by atoms with E-state index >= 15 is 0 Å². The Morgan fingerprint density at radius 2 is 1.76 bits per heavy atom. The number of carbonyl (C=O) groups is 1. The molecule has 0 aliphatic heterocycles. The first kappa shape index (κ1) is 27.2. The van der Waals surface area contributed by atoms with Crippen molar-refractivity contribution in [1.82, 2.24) is 0 Å². The van der Waals surface area contributed by atoms with Crippen molar-refractivity contribution >= 4 is 5.97 Å². The number of fused-ring (bicyclic) bond motifs is 5. The molecule has 4 fully saturated rings. The summed E-state index contributed by atoms with van der Waals surface area (Å²) < 4.78 is 0. The minimum atomic E-state index is -0.851. The maximum absolute atomic E-state index is 11.9. The van der Waals surface area contributed by atoms with Crippen LogP contribution in [0.2, 0.25) is 0 Å². The summed E-state index contributed by atoms with van der Waals surface area (Å²) in [6.45, 7) is 9.78. The number of hydrogen-bond acceptors (Lipinski definition) is 3. The third kappa shape index (κ3) is 4.58. The second-order valence-electron chi connectivity index (χ2n) is 14.0. The number of benzene rings is 1. The number of aliphatic hydroxyl groups excluding tert-OH is 2. The standard InChI is InChI=1S/C33H50O4/c1-5-24-28-19-23(34)14-16-33(28,4)27-15-17-32(3)25(12-13-26(32)29(27)30(24)35)20(2)8-6-9-21-10-7-11-22(18-21)31(36)37/h7,10-11,18,20,23-30,34-35H,5-6,8-9,12-17,19H2,1-4H3,(H,36,37)/t20-,23-,24-,25-,26?,27?,28?,29?,30-,32?,33?/m1/s1. The van der Waals surface area contributed by atoms with Gasteiger partial charge in [-0.2, -0.15) is 0 Å². The lowest BCUT2D eigenvalue weighted by Crippen LogP contribution is -2.62. The van der Waals surface area contributed by atoms with Gasteiger partial charge in [0.2, 0.25) is 0 Å². The lowest BCUT2D eigenvalue weighted by Gasteiger charge is -2.64. The van der Waals surface area contributed by atoms with E-state index in [-0.39, 0.29) is 17.6 Å². The van der Waals surface area contributed by atoms with Crippen molar-refractivity contribution in [3.63, 3.8) is 0 Å². The molecular weight excluding hydrogens is 460 g/mol. The van der Waals surface area contributed by atoms with E-state index in [9.17, 15) is 20.1 Å². The Morgan fingerprint density at radius 3 is 2.49 bits per heavy atom. The smallest absolute Gasteiger partial charge is 0.335 e. The van der Waals surface area contributed by atoms with E-state index in [1.165, 1.54) is 32.1 Å². The molecule has 1 aromatic carbocycles. The number of rotatable bonds is 7. The lowest BCUT2D eigenvalue weighted by molar-refractivity contribution is -0.203. The van der Waals surface area contributed by atoms with Gasteiger partial charge in [0.1, 0.15) is 0 Å². The average Bonchev–Trinajstić information content (AvgIpc) is 3.22. The summed E-state index contributed by atoms with van der Waals surface area (Å²) in [5.74, 6) is 2.89. The van der Waals surface area contributed by atoms with Crippen LogP contribution in [0.1, 0.15) is 108 Å². The van der Waals surface area contributed by atoms with Crippen LogP contribution >= 0.6 is 0 Å². The molecule has 4 nitrogen and oxygen atoms in total. The Balaban J connectivity index is 1.29. The normalized spacial score (nSPS) is 43.9. The van der Waals surface area contributed by atoms with Crippen molar-refractivity contribution in [3.05, 3.63) is 35.4 Å². The monoisotopic (exact) mass is 510 g/mol. The fourth-order valence-electron chi connectivity index (χ4n) is 10.6. The fraction of sp³-hybridized carbons (Fsp3) is 0.788. The Labute approximate surface area is 224 Å². The van der Waals surface area contributed by atoms with Crippen LogP contribution in [0, 0.1) is 52.3 Å². The molecular formula is C33H50O4. The zero-order valence-electron chi connectivity index (χ0n) is 23.5. The highest BCUT2D eigenvalue weighted by Gasteiger charge is 2.64. The zero-order chi connectivity index (χ0) is 26.5. The molecule has 4 heteroatoms. The van der Waals surface area contributed by atoms with Crippen LogP contribution in [0.25, 0.3) is 0 Å². The minimum Gasteiger partial charge on any atom is -0.478 e. The molecule has 4 saturated carbocycles. The highest BCUT2D eigenvalue weighted by Crippen LogP contribution is 2.69. The van der Waals surface area contributed by atoms with Crippen molar-refractivity contribution in [3.8, 4) is 0 Å². The van der Waals surface area contributed by atoms with Gasteiger partial charge in [0, 0.05) is 0 Å². The Morgan fingerprint density at radius 1 is 1.03 bits per heavy atom. The molecule has 1 aromatic rings. The van der Waals surface area contributed by atoms with Gasteiger partial charge in [0.15, 0.2) is 0 Å². The van der Waals surface area contributed by atoms with Gasteiger partial charge < -0.3 is 15.3 Å². The molecule has 0 aromatic heterocycles. The largest absolute Gasteiger partial charge is 0.478 e. The summed E-state index contributed by atoms with van der Waals surface area (Å²) >= 11 is 0. The summed E-state index contributed by atoms with van der Waals surface area (Å²) in [5, 5.41) is 31.7. The second-order valence-corrected chi connectivity index (χ2v) is 14.0.